The predicted molar refractivity (Wildman–Crippen MR) is 115 cm³/mol. The van der Waals surface area contributed by atoms with Crippen LogP contribution in [-0.4, -0.2) is 49.1 Å². The number of ether oxygens (including phenoxy) is 2. The van der Waals surface area contributed by atoms with Crippen molar-refractivity contribution in [3.63, 3.8) is 0 Å². The molecule has 0 unspecified atom stereocenters. The lowest BCUT2D eigenvalue weighted by atomic mass is 9.93. The molecule has 0 aliphatic carbocycles. The van der Waals surface area contributed by atoms with Crippen molar-refractivity contribution in [2.24, 2.45) is 5.41 Å². The minimum Gasteiger partial charge on any atom is -0.493 e. The van der Waals surface area contributed by atoms with Crippen molar-refractivity contribution >= 4 is 11.6 Å². The van der Waals surface area contributed by atoms with Crippen LogP contribution >= 0.6 is 11.6 Å². The summed E-state index contributed by atoms with van der Waals surface area (Å²) in [5, 5.41) is 19.9. The van der Waals surface area contributed by atoms with Gasteiger partial charge >= 0.3 is 0 Å². The fraction of sp³-hybridized carbons (Fsp3) is 0.455. The van der Waals surface area contributed by atoms with E-state index < -0.39 is 0 Å². The van der Waals surface area contributed by atoms with Crippen molar-refractivity contribution in [3.8, 4) is 11.5 Å². The van der Waals surface area contributed by atoms with Gasteiger partial charge in [0.05, 0.1) is 20.8 Å². The van der Waals surface area contributed by atoms with Gasteiger partial charge in [-0.2, -0.15) is 0 Å². The Balaban J connectivity index is 3.36. The van der Waals surface area contributed by atoms with Crippen molar-refractivity contribution < 1.29 is 19.7 Å². The number of hydrogen-bond acceptors (Lipinski definition) is 5. The molecule has 0 amide bonds. The molecule has 0 aliphatic rings. The van der Waals surface area contributed by atoms with Crippen LogP contribution in [0.25, 0.3) is 0 Å². The van der Waals surface area contributed by atoms with E-state index in [1.165, 1.54) is 0 Å². The first-order valence-corrected chi connectivity index (χ1v) is 9.56. The lowest BCUT2D eigenvalue weighted by Crippen LogP contribution is -2.35. The van der Waals surface area contributed by atoms with Crippen LogP contribution in [0.4, 0.5) is 0 Å². The first-order chi connectivity index (χ1) is 13.3. The highest BCUT2D eigenvalue weighted by Gasteiger charge is 2.23. The predicted octanol–water partition coefficient (Wildman–Crippen LogP) is 4.10. The first-order valence-electron chi connectivity index (χ1n) is 9.18. The molecule has 0 heterocycles. The van der Waals surface area contributed by atoms with Crippen LogP contribution in [0.1, 0.15) is 26.3 Å². The fourth-order valence-corrected chi connectivity index (χ4v) is 2.81. The number of aliphatic hydroxyl groups excluding tert-OH is 2. The molecule has 1 aromatic carbocycles. The van der Waals surface area contributed by atoms with E-state index in [1.807, 2.05) is 45.0 Å². The van der Waals surface area contributed by atoms with Crippen molar-refractivity contribution in [1.82, 2.24) is 4.90 Å². The average Bonchev–Trinajstić information content (AvgIpc) is 2.69. The second-order valence-electron chi connectivity index (χ2n) is 7.15. The molecule has 0 aromatic heterocycles. The van der Waals surface area contributed by atoms with Crippen LogP contribution in [0.3, 0.4) is 0 Å². The van der Waals surface area contributed by atoms with Crippen molar-refractivity contribution in [1.29, 1.82) is 0 Å². The van der Waals surface area contributed by atoms with E-state index in [0.29, 0.717) is 29.6 Å². The number of halogens is 1. The van der Waals surface area contributed by atoms with Gasteiger partial charge in [0.2, 0.25) is 0 Å². The summed E-state index contributed by atoms with van der Waals surface area (Å²) >= 11 is 6.11. The van der Waals surface area contributed by atoms with Gasteiger partial charge < -0.3 is 24.6 Å². The van der Waals surface area contributed by atoms with Crippen molar-refractivity contribution in [2.75, 3.05) is 34.0 Å². The number of nitrogens with zero attached hydrogens (tertiary/aromatic N) is 1. The number of para-hydroxylation sites is 1. The maximum Gasteiger partial charge on any atom is 0.165 e. The number of methoxy groups -OCH3 is 2. The molecule has 1 rings (SSSR count). The summed E-state index contributed by atoms with van der Waals surface area (Å²) in [6, 6.07) is 5.73. The lowest BCUT2D eigenvalue weighted by Gasteiger charge is -2.34. The highest BCUT2D eigenvalue weighted by Crippen LogP contribution is 2.33. The molecule has 0 radical (unpaired) electrons. The monoisotopic (exact) mass is 409 g/mol. The summed E-state index contributed by atoms with van der Waals surface area (Å²) in [6.07, 6.45) is 7.15. The molecule has 0 atom stereocenters. The van der Waals surface area contributed by atoms with E-state index in [2.05, 4.69) is 4.90 Å². The van der Waals surface area contributed by atoms with Gasteiger partial charge in [-0.3, -0.25) is 0 Å². The molecular formula is C22H32ClNO4. The van der Waals surface area contributed by atoms with Gasteiger partial charge in [0.1, 0.15) is 0 Å². The summed E-state index contributed by atoms with van der Waals surface area (Å²) < 4.78 is 11.0. The van der Waals surface area contributed by atoms with Gasteiger partial charge in [-0.25, -0.2) is 0 Å². The molecule has 5 nitrogen and oxygen atoms in total. The Kier molecular flexibility index (Phi) is 10.1. The number of hydrogen-bond donors (Lipinski definition) is 2. The van der Waals surface area contributed by atoms with E-state index >= 15 is 0 Å². The van der Waals surface area contributed by atoms with Crippen LogP contribution in [0, 0.1) is 5.41 Å². The summed E-state index contributed by atoms with van der Waals surface area (Å²) in [4.78, 5) is 2.08. The Hall–Kier alpha value is -1.95. The maximum absolute atomic E-state index is 9.77. The normalized spacial score (nSPS) is 13.1. The van der Waals surface area contributed by atoms with Crippen LogP contribution in [-0.2, 0) is 6.54 Å². The van der Waals surface area contributed by atoms with E-state index in [0.717, 1.165) is 11.3 Å². The molecule has 2 N–H and O–H groups in total. The molecule has 0 saturated heterocycles. The Bertz CT molecular complexity index is 710. The standard InChI is InChI=1S/C22H32ClNO4/c1-6-18(23)10-11-19(12-13-25)24(15-22(2,3)16-26)14-17-8-7-9-20(27-4)21(17)28-5/h6-12,25-26H,13-16H2,1-5H3/b11-10-,18-6+,19-12-. The number of aliphatic hydroxyl groups is 2. The second-order valence-corrected chi connectivity index (χ2v) is 7.59. The minimum atomic E-state index is -0.348. The zero-order valence-corrected chi connectivity index (χ0v) is 18.2. The SMILES string of the molecule is C\C=C(Cl)/C=C\C(=C\CO)N(Cc1cccc(OC)c1OC)CC(C)(C)CO. The van der Waals surface area contributed by atoms with Crippen molar-refractivity contribution in [3.05, 3.63) is 58.8 Å². The Morgan fingerprint density at radius 2 is 1.89 bits per heavy atom. The summed E-state index contributed by atoms with van der Waals surface area (Å²) in [7, 11) is 3.22. The fourth-order valence-electron chi connectivity index (χ4n) is 2.75. The van der Waals surface area contributed by atoms with E-state index in [4.69, 9.17) is 21.1 Å². The summed E-state index contributed by atoms with van der Waals surface area (Å²) in [5.74, 6) is 1.32. The van der Waals surface area contributed by atoms with E-state index in [1.54, 1.807) is 32.4 Å². The highest BCUT2D eigenvalue weighted by molar-refractivity contribution is 6.31. The number of benzene rings is 1. The molecule has 0 saturated carbocycles. The molecule has 156 valence electrons. The Morgan fingerprint density at radius 1 is 1.18 bits per heavy atom. The van der Waals surface area contributed by atoms with Gasteiger partial charge in [-0.1, -0.05) is 43.7 Å². The number of rotatable bonds is 11. The van der Waals surface area contributed by atoms with Crippen molar-refractivity contribution in [2.45, 2.75) is 27.3 Å². The summed E-state index contributed by atoms with van der Waals surface area (Å²) in [5.41, 5.74) is 1.39. The minimum absolute atomic E-state index is 0.0322. The van der Waals surface area contributed by atoms with Crippen LogP contribution in [0.2, 0.25) is 0 Å². The van der Waals surface area contributed by atoms with Gasteiger partial charge in [-0.05, 0) is 31.2 Å². The quantitative estimate of drug-likeness (QED) is 0.539. The van der Waals surface area contributed by atoms with Crippen LogP contribution < -0.4 is 9.47 Å². The molecule has 28 heavy (non-hydrogen) atoms. The maximum atomic E-state index is 9.77. The van der Waals surface area contributed by atoms with E-state index in [-0.39, 0.29) is 18.6 Å². The Labute approximate surface area is 173 Å². The smallest absolute Gasteiger partial charge is 0.165 e. The molecule has 6 heteroatoms. The van der Waals surface area contributed by atoms with Gasteiger partial charge in [0.15, 0.2) is 11.5 Å². The largest absolute Gasteiger partial charge is 0.493 e. The third kappa shape index (κ3) is 7.23. The van der Waals surface area contributed by atoms with Gasteiger partial charge in [-0.15, -0.1) is 0 Å². The van der Waals surface area contributed by atoms with Crippen LogP contribution in [0.5, 0.6) is 11.5 Å². The van der Waals surface area contributed by atoms with Crippen LogP contribution in [0.15, 0.2) is 53.2 Å². The highest BCUT2D eigenvalue weighted by atomic mass is 35.5. The third-order valence-electron chi connectivity index (χ3n) is 4.25. The van der Waals surface area contributed by atoms with Gasteiger partial charge in [0, 0.05) is 41.4 Å². The molecular weight excluding hydrogens is 378 g/mol. The lowest BCUT2D eigenvalue weighted by molar-refractivity contribution is 0.116. The molecule has 0 spiro atoms. The van der Waals surface area contributed by atoms with E-state index in [9.17, 15) is 10.2 Å². The molecule has 0 bridgehead atoms. The first kappa shape index (κ1) is 24.1. The molecule has 0 aliphatic heterocycles. The second kappa shape index (κ2) is 11.8. The zero-order chi connectivity index (χ0) is 21.2. The van der Waals surface area contributed by atoms with Gasteiger partial charge in [0.25, 0.3) is 0 Å². The third-order valence-corrected chi connectivity index (χ3v) is 4.59. The average molecular weight is 410 g/mol. The molecule has 1 aromatic rings. The topological polar surface area (TPSA) is 62.2 Å². The molecule has 0 fully saturated rings. The Morgan fingerprint density at radius 3 is 2.43 bits per heavy atom. The number of allylic oxidation sites excluding steroid dienone is 4. The summed E-state index contributed by atoms with van der Waals surface area (Å²) in [6.45, 7) is 6.82. The zero-order valence-electron chi connectivity index (χ0n) is 17.4.